The van der Waals surface area contributed by atoms with Gasteiger partial charge in [-0.05, 0) is 26.7 Å². The van der Waals surface area contributed by atoms with Crippen LogP contribution in [0.2, 0.25) is 0 Å². The van der Waals surface area contributed by atoms with Gasteiger partial charge in [0.2, 0.25) is 0 Å². The topological polar surface area (TPSA) is 87.8 Å². The molecule has 0 aliphatic carbocycles. The lowest BCUT2D eigenvalue weighted by molar-refractivity contribution is 0.392. The van der Waals surface area contributed by atoms with Crippen molar-refractivity contribution in [3.63, 3.8) is 0 Å². The van der Waals surface area contributed by atoms with E-state index in [1.807, 2.05) is 13.8 Å². The highest BCUT2D eigenvalue weighted by atomic mass is 16.5. The van der Waals surface area contributed by atoms with Crippen LogP contribution in [-0.4, -0.2) is 23.8 Å². The fourth-order valence-electron chi connectivity index (χ4n) is 2.85. The molecule has 3 aromatic rings. The van der Waals surface area contributed by atoms with Crippen molar-refractivity contribution in [3.05, 3.63) is 44.2 Å². The lowest BCUT2D eigenvalue weighted by Crippen LogP contribution is -2.37. The number of nitrogens with zero attached hydrogens (tertiary/aromatic N) is 5. The standard InChI is InChI=1S/C15H19N5O3/c1-9-11(10(2)23-17-9)6-5-7-20-8-16-13-12(20)14(21)19(4)15(22)18(13)3/h8H,5-7H2,1-4H3. The largest absolute Gasteiger partial charge is 0.361 e. The average Bonchev–Trinajstić information content (AvgIpc) is 3.09. The van der Waals surface area contributed by atoms with Crippen LogP contribution in [0, 0.1) is 13.8 Å². The minimum Gasteiger partial charge on any atom is -0.361 e. The number of fused-ring (bicyclic) bond motifs is 1. The van der Waals surface area contributed by atoms with Crippen LogP contribution >= 0.6 is 0 Å². The second-order valence-electron chi connectivity index (χ2n) is 5.72. The Morgan fingerprint density at radius 2 is 1.91 bits per heavy atom. The SMILES string of the molecule is Cc1noc(C)c1CCCn1cnc2c1c(=O)n(C)c(=O)n2C. The summed E-state index contributed by atoms with van der Waals surface area (Å²) in [6.07, 6.45) is 3.24. The van der Waals surface area contributed by atoms with Gasteiger partial charge >= 0.3 is 5.69 Å². The van der Waals surface area contributed by atoms with Crippen molar-refractivity contribution in [1.29, 1.82) is 0 Å². The van der Waals surface area contributed by atoms with Crippen molar-refractivity contribution in [2.24, 2.45) is 14.1 Å². The minimum atomic E-state index is -0.372. The van der Waals surface area contributed by atoms with E-state index >= 15 is 0 Å². The normalized spacial score (nSPS) is 11.5. The number of imidazole rings is 1. The third-order valence-electron chi connectivity index (χ3n) is 4.22. The van der Waals surface area contributed by atoms with Gasteiger partial charge in [-0.3, -0.25) is 13.9 Å². The lowest BCUT2D eigenvalue weighted by atomic mass is 10.1. The molecule has 0 fully saturated rings. The number of hydrogen-bond acceptors (Lipinski definition) is 5. The fraction of sp³-hybridized carbons (Fsp3) is 0.467. The first kappa shape index (κ1) is 15.3. The zero-order valence-electron chi connectivity index (χ0n) is 13.7. The van der Waals surface area contributed by atoms with Crippen molar-refractivity contribution in [3.8, 4) is 0 Å². The first-order chi connectivity index (χ1) is 10.9. The molecular weight excluding hydrogens is 298 g/mol. The quantitative estimate of drug-likeness (QED) is 0.706. The molecule has 0 aliphatic heterocycles. The molecule has 0 saturated carbocycles. The molecule has 0 unspecified atom stereocenters. The van der Waals surface area contributed by atoms with E-state index in [0.29, 0.717) is 17.7 Å². The maximum absolute atomic E-state index is 12.3. The highest BCUT2D eigenvalue weighted by Gasteiger charge is 2.14. The Hall–Kier alpha value is -2.64. The van der Waals surface area contributed by atoms with E-state index in [1.165, 1.54) is 11.6 Å². The van der Waals surface area contributed by atoms with Crippen LogP contribution in [0.5, 0.6) is 0 Å². The van der Waals surface area contributed by atoms with E-state index < -0.39 is 0 Å². The third-order valence-corrected chi connectivity index (χ3v) is 4.22. The van der Waals surface area contributed by atoms with E-state index in [4.69, 9.17) is 4.52 Å². The van der Waals surface area contributed by atoms with Crippen LogP contribution in [0.15, 0.2) is 20.4 Å². The molecule has 0 spiro atoms. The molecule has 0 bridgehead atoms. The number of hydrogen-bond donors (Lipinski definition) is 0. The number of aryl methyl sites for hydroxylation is 4. The summed E-state index contributed by atoms with van der Waals surface area (Å²) in [6.45, 7) is 4.45. The van der Waals surface area contributed by atoms with Crippen LogP contribution in [0.25, 0.3) is 11.2 Å². The maximum Gasteiger partial charge on any atom is 0.332 e. The van der Waals surface area contributed by atoms with Crippen molar-refractivity contribution in [1.82, 2.24) is 23.8 Å². The van der Waals surface area contributed by atoms with Gasteiger partial charge in [0.1, 0.15) is 5.76 Å². The molecule has 3 heterocycles. The predicted octanol–water partition coefficient (Wildman–Crippen LogP) is 0.671. The van der Waals surface area contributed by atoms with E-state index in [0.717, 1.165) is 34.4 Å². The summed E-state index contributed by atoms with van der Waals surface area (Å²) >= 11 is 0. The monoisotopic (exact) mass is 317 g/mol. The van der Waals surface area contributed by atoms with Gasteiger partial charge in [-0.2, -0.15) is 0 Å². The van der Waals surface area contributed by atoms with Gasteiger partial charge in [0.15, 0.2) is 11.2 Å². The van der Waals surface area contributed by atoms with Gasteiger partial charge in [-0.15, -0.1) is 0 Å². The van der Waals surface area contributed by atoms with Crippen LogP contribution in [0.3, 0.4) is 0 Å². The Balaban J connectivity index is 1.90. The third kappa shape index (κ3) is 2.39. The summed E-state index contributed by atoms with van der Waals surface area (Å²) < 4.78 is 9.45. The van der Waals surface area contributed by atoms with Gasteiger partial charge in [-0.1, -0.05) is 5.16 Å². The number of aromatic nitrogens is 5. The minimum absolute atomic E-state index is 0.321. The van der Waals surface area contributed by atoms with Gasteiger partial charge in [-0.25, -0.2) is 9.78 Å². The second kappa shape index (κ2) is 5.53. The molecule has 3 aromatic heterocycles. The predicted molar refractivity (Wildman–Crippen MR) is 84.5 cm³/mol. The Morgan fingerprint density at radius 3 is 2.57 bits per heavy atom. The van der Waals surface area contributed by atoms with Gasteiger partial charge in [0.25, 0.3) is 5.56 Å². The molecule has 23 heavy (non-hydrogen) atoms. The molecule has 0 aliphatic rings. The Morgan fingerprint density at radius 1 is 1.17 bits per heavy atom. The Bertz CT molecular complexity index is 970. The molecule has 0 N–H and O–H groups in total. The van der Waals surface area contributed by atoms with Crippen molar-refractivity contribution in [2.45, 2.75) is 33.2 Å². The smallest absolute Gasteiger partial charge is 0.332 e. The molecule has 0 atom stereocenters. The molecule has 0 saturated heterocycles. The Kier molecular flexibility index (Phi) is 3.67. The van der Waals surface area contributed by atoms with Crippen LogP contribution < -0.4 is 11.2 Å². The first-order valence-electron chi connectivity index (χ1n) is 7.44. The van der Waals surface area contributed by atoms with E-state index in [9.17, 15) is 9.59 Å². The molecular formula is C15H19N5O3. The molecule has 0 aromatic carbocycles. The zero-order valence-corrected chi connectivity index (χ0v) is 13.7. The van der Waals surface area contributed by atoms with E-state index in [2.05, 4.69) is 10.1 Å². The van der Waals surface area contributed by atoms with Crippen LogP contribution in [-0.2, 0) is 27.1 Å². The maximum atomic E-state index is 12.3. The number of rotatable bonds is 4. The highest BCUT2D eigenvalue weighted by Crippen LogP contribution is 2.15. The summed E-state index contributed by atoms with van der Waals surface area (Å²) in [4.78, 5) is 28.5. The van der Waals surface area contributed by atoms with Crippen LogP contribution in [0.4, 0.5) is 0 Å². The molecule has 8 heteroatoms. The molecule has 0 radical (unpaired) electrons. The van der Waals surface area contributed by atoms with Gasteiger partial charge in [0, 0.05) is 26.2 Å². The lowest BCUT2D eigenvalue weighted by Gasteiger charge is -2.06. The van der Waals surface area contributed by atoms with Gasteiger partial charge in [0.05, 0.1) is 12.0 Å². The zero-order chi connectivity index (χ0) is 16.7. The second-order valence-corrected chi connectivity index (χ2v) is 5.72. The fourth-order valence-corrected chi connectivity index (χ4v) is 2.85. The summed E-state index contributed by atoms with van der Waals surface area (Å²) in [7, 11) is 3.09. The Labute approximate surface area is 132 Å². The summed E-state index contributed by atoms with van der Waals surface area (Å²) in [5, 5.41) is 3.94. The van der Waals surface area contributed by atoms with Crippen molar-refractivity contribution >= 4 is 11.2 Å². The summed E-state index contributed by atoms with van der Waals surface area (Å²) in [5.41, 5.74) is 2.18. The average molecular weight is 317 g/mol. The van der Waals surface area contributed by atoms with E-state index in [-0.39, 0.29) is 11.2 Å². The molecule has 122 valence electrons. The first-order valence-corrected chi connectivity index (χ1v) is 7.44. The van der Waals surface area contributed by atoms with Crippen molar-refractivity contribution < 1.29 is 4.52 Å². The summed E-state index contributed by atoms with van der Waals surface area (Å²) in [6, 6.07) is 0. The highest BCUT2D eigenvalue weighted by molar-refractivity contribution is 5.69. The van der Waals surface area contributed by atoms with Gasteiger partial charge < -0.3 is 9.09 Å². The van der Waals surface area contributed by atoms with Crippen LogP contribution in [0.1, 0.15) is 23.4 Å². The summed E-state index contributed by atoms with van der Waals surface area (Å²) in [5.74, 6) is 0.830. The van der Waals surface area contributed by atoms with Crippen molar-refractivity contribution in [2.75, 3.05) is 0 Å². The molecule has 3 rings (SSSR count). The van der Waals surface area contributed by atoms with E-state index in [1.54, 1.807) is 17.9 Å². The molecule has 8 nitrogen and oxygen atoms in total. The molecule has 0 amide bonds.